The Morgan fingerprint density at radius 1 is 1.27 bits per heavy atom. The Kier molecular flexibility index (Phi) is 4.62. The van der Waals surface area contributed by atoms with Crippen LogP contribution in [0.2, 0.25) is 5.02 Å². The summed E-state index contributed by atoms with van der Waals surface area (Å²) < 4.78 is 0. The highest BCUT2D eigenvalue weighted by molar-refractivity contribution is 6.31. The second kappa shape index (κ2) is 5.53. The quantitative estimate of drug-likeness (QED) is 0.826. The molecule has 84 valence electrons. The Morgan fingerprint density at radius 3 is 2.47 bits per heavy atom. The summed E-state index contributed by atoms with van der Waals surface area (Å²) >= 11 is 5.99. The van der Waals surface area contributed by atoms with Gasteiger partial charge in [-0.3, -0.25) is 0 Å². The first-order valence-corrected chi connectivity index (χ1v) is 5.88. The highest BCUT2D eigenvalue weighted by atomic mass is 35.5. The maximum atomic E-state index is 5.99. The average molecular weight is 226 g/mol. The summed E-state index contributed by atoms with van der Waals surface area (Å²) in [5.74, 6) is 0. The van der Waals surface area contributed by atoms with Gasteiger partial charge in [-0.1, -0.05) is 37.6 Å². The van der Waals surface area contributed by atoms with Crippen molar-refractivity contribution in [1.82, 2.24) is 5.32 Å². The van der Waals surface area contributed by atoms with Crippen molar-refractivity contribution in [3.05, 3.63) is 34.3 Å². The largest absolute Gasteiger partial charge is 0.312 e. The van der Waals surface area contributed by atoms with Gasteiger partial charge in [-0.15, -0.1) is 0 Å². The van der Waals surface area contributed by atoms with Crippen molar-refractivity contribution < 1.29 is 0 Å². The van der Waals surface area contributed by atoms with Gasteiger partial charge in [-0.2, -0.15) is 0 Å². The van der Waals surface area contributed by atoms with Gasteiger partial charge in [0.05, 0.1) is 0 Å². The topological polar surface area (TPSA) is 12.0 Å². The minimum Gasteiger partial charge on any atom is -0.312 e. The van der Waals surface area contributed by atoms with E-state index in [1.807, 2.05) is 13.0 Å². The van der Waals surface area contributed by atoms with Crippen LogP contribution in [0.25, 0.3) is 0 Å². The third-order valence-electron chi connectivity index (χ3n) is 2.38. The van der Waals surface area contributed by atoms with Crippen LogP contribution >= 0.6 is 11.6 Å². The Bertz CT molecular complexity index is 320. The van der Waals surface area contributed by atoms with Crippen LogP contribution in [-0.2, 0) is 6.42 Å². The summed E-state index contributed by atoms with van der Waals surface area (Å²) in [6, 6.07) is 7.29. The van der Waals surface area contributed by atoms with Gasteiger partial charge < -0.3 is 5.32 Å². The van der Waals surface area contributed by atoms with Crippen LogP contribution < -0.4 is 5.32 Å². The first kappa shape index (κ1) is 12.5. The molecule has 1 rings (SSSR count). The fourth-order valence-corrected chi connectivity index (χ4v) is 1.93. The molecule has 0 aliphatic heterocycles. The molecule has 0 spiro atoms. The molecule has 0 saturated heterocycles. The van der Waals surface area contributed by atoms with Gasteiger partial charge >= 0.3 is 0 Å². The number of benzene rings is 1. The third kappa shape index (κ3) is 4.23. The molecular formula is C13H20ClN. The van der Waals surface area contributed by atoms with Crippen molar-refractivity contribution in [3.8, 4) is 0 Å². The minimum atomic E-state index is 0.505. The molecule has 0 fully saturated rings. The molecule has 0 bridgehead atoms. The summed E-state index contributed by atoms with van der Waals surface area (Å²) in [5, 5.41) is 4.34. The molecule has 15 heavy (non-hydrogen) atoms. The Labute approximate surface area is 97.8 Å². The number of aryl methyl sites for hydroxylation is 1. The third-order valence-corrected chi connectivity index (χ3v) is 2.81. The molecule has 0 aliphatic carbocycles. The smallest absolute Gasteiger partial charge is 0.0435 e. The molecule has 1 atom stereocenters. The van der Waals surface area contributed by atoms with Gasteiger partial charge in [0.1, 0.15) is 0 Å². The van der Waals surface area contributed by atoms with Gasteiger partial charge in [0.2, 0.25) is 0 Å². The van der Waals surface area contributed by atoms with Crippen LogP contribution in [-0.4, -0.2) is 12.1 Å². The monoisotopic (exact) mass is 225 g/mol. The Balaban J connectivity index is 2.60. The lowest BCUT2D eigenvalue weighted by molar-refractivity contribution is 0.487. The van der Waals surface area contributed by atoms with E-state index in [0.29, 0.717) is 12.1 Å². The van der Waals surface area contributed by atoms with E-state index in [4.69, 9.17) is 11.6 Å². The van der Waals surface area contributed by atoms with E-state index < -0.39 is 0 Å². The first-order chi connectivity index (χ1) is 6.99. The van der Waals surface area contributed by atoms with E-state index >= 15 is 0 Å². The molecule has 0 radical (unpaired) electrons. The molecule has 1 aromatic rings. The summed E-state index contributed by atoms with van der Waals surface area (Å²) in [5.41, 5.74) is 2.50. The van der Waals surface area contributed by atoms with E-state index in [-0.39, 0.29) is 0 Å². The summed E-state index contributed by atoms with van der Waals surface area (Å²) in [4.78, 5) is 0. The zero-order valence-corrected chi connectivity index (χ0v) is 10.7. The van der Waals surface area contributed by atoms with E-state index in [0.717, 1.165) is 17.0 Å². The molecule has 2 heteroatoms. The fraction of sp³-hybridized carbons (Fsp3) is 0.538. The summed E-state index contributed by atoms with van der Waals surface area (Å²) in [6.07, 6.45) is 1.05. The molecule has 1 aromatic carbocycles. The number of rotatable bonds is 4. The van der Waals surface area contributed by atoms with Crippen molar-refractivity contribution in [2.45, 2.75) is 46.2 Å². The number of halogens is 1. The SMILES string of the molecule is Cc1cc(CC(C)NC(C)C)ccc1Cl. The molecule has 0 saturated carbocycles. The highest BCUT2D eigenvalue weighted by Crippen LogP contribution is 2.17. The van der Waals surface area contributed by atoms with Crippen molar-refractivity contribution in [2.24, 2.45) is 0 Å². The summed E-state index contributed by atoms with van der Waals surface area (Å²) in [6.45, 7) is 8.60. The lowest BCUT2D eigenvalue weighted by Crippen LogP contribution is -2.33. The van der Waals surface area contributed by atoms with E-state index in [1.165, 1.54) is 5.56 Å². The lowest BCUT2D eigenvalue weighted by atomic mass is 10.0. The number of hydrogen-bond donors (Lipinski definition) is 1. The average Bonchev–Trinajstić information content (AvgIpc) is 2.10. The van der Waals surface area contributed by atoms with Crippen molar-refractivity contribution in [1.29, 1.82) is 0 Å². The maximum absolute atomic E-state index is 5.99. The molecule has 1 nitrogen and oxygen atoms in total. The second-order valence-corrected chi connectivity index (χ2v) is 4.92. The van der Waals surface area contributed by atoms with Gasteiger partial charge in [0.15, 0.2) is 0 Å². The van der Waals surface area contributed by atoms with Gasteiger partial charge in [-0.25, -0.2) is 0 Å². The summed E-state index contributed by atoms with van der Waals surface area (Å²) in [7, 11) is 0. The standard InChI is InChI=1S/C13H20ClN/c1-9(2)15-11(4)8-12-5-6-13(14)10(3)7-12/h5-7,9,11,15H,8H2,1-4H3. The second-order valence-electron chi connectivity index (χ2n) is 4.51. The maximum Gasteiger partial charge on any atom is 0.0435 e. The van der Waals surface area contributed by atoms with Crippen molar-refractivity contribution in [2.75, 3.05) is 0 Å². The number of hydrogen-bond acceptors (Lipinski definition) is 1. The molecule has 0 aromatic heterocycles. The molecule has 1 N–H and O–H groups in total. The number of nitrogens with one attached hydrogen (secondary N) is 1. The first-order valence-electron chi connectivity index (χ1n) is 5.50. The Hall–Kier alpha value is -0.530. The predicted molar refractivity (Wildman–Crippen MR) is 67.6 cm³/mol. The van der Waals surface area contributed by atoms with Crippen LogP contribution in [0.15, 0.2) is 18.2 Å². The predicted octanol–water partition coefficient (Wildman–Crippen LogP) is 3.58. The van der Waals surface area contributed by atoms with E-state index in [1.54, 1.807) is 0 Å². The molecular weight excluding hydrogens is 206 g/mol. The van der Waals surface area contributed by atoms with Gasteiger partial charge in [-0.05, 0) is 37.5 Å². The van der Waals surface area contributed by atoms with Gasteiger partial charge in [0.25, 0.3) is 0 Å². The Morgan fingerprint density at radius 2 is 1.93 bits per heavy atom. The van der Waals surface area contributed by atoms with Crippen LogP contribution in [0.3, 0.4) is 0 Å². The highest BCUT2D eigenvalue weighted by Gasteiger charge is 2.05. The van der Waals surface area contributed by atoms with Crippen molar-refractivity contribution in [3.63, 3.8) is 0 Å². The van der Waals surface area contributed by atoms with Crippen LogP contribution in [0, 0.1) is 6.92 Å². The molecule has 1 unspecified atom stereocenters. The normalized spacial score (nSPS) is 13.2. The van der Waals surface area contributed by atoms with Gasteiger partial charge in [0, 0.05) is 17.1 Å². The molecule has 0 heterocycles. The molecule has 0 aliphatic rings. The zero-order chi connectivity index (χ0) is 11.4. The van der Waals surface area contributed by atoms with E-state index in [9.17, 15) is 0 Å². The van der Waals surface area contributed by atoms with Crippen LogP contribution in [0.1, 0.15) is 31.9 Å². The van der Waals surface area contributed by atoms with Crippen LogP contribution in [0.5, 0.6) is 0 Å². The minimum absolute atomic E-state index is 0.505. The molecule has 0 amide bonds. The fourth-order valence-electron chi connectivity index (χ4n) is 1.82. The van der Waals surface area contributed by atoms with Crippen LogP contribution in [0.4, 0.5) is 0 Å². The lowest BCUT2D eigenvalue weighted by Gasteiger charge is -2.17. The zero-order valence-electron chi connectivity index (χ0n) is 9.97. The van der Waals surface area contributed by atoms with E-state index in [2.05, 4.69) is 38.2 Å². The van der Waals surface area contributed by atoms with Crippen molar-refractivity contribution >= 4 is 11.6 Å².